The van der Waals surface area contributed by atoms with Crippen LogP contribution in [0.5, 0.6) is 0 Å². The quantitative estimate of drug-likeness (QED) is 0.694. The second kappa shape index (κ2) is 4.74. The predicted octanol–water partition coefficient (Wildman–Crippen LogP) is 2.79. The number of pyridine rings is 1. The molecule has 0 aliphatic heterocycles. The molecule has 0 unspecified atom stereocenters. The largest absolute Gasteiger partial charge is 0.248 e. The van der Waals surface area contributed by atoms with Gasteiger partial charge in [0.25, 0.3) is 0 Å². The van der Waals surface area contributed by atoms with Gasteiger partial charge in [0.15, 0.2) is 5.65 Å². The topological polar surface area (TPSA) is 30.7 Å². The zero-order chi connectivity index (χ0) is 10.6. The van der Waals surface area contributed by atoms with Gasteiger partial charge in [-0.05, 0) is 25.5 Å². The molecule has 14 heavy (non-hydrogen) atoms. The number of nitrogens with zero attached hydrogens (tertiary/aromatic N) is 3. The van der Waals surface area contributed by atoms with E-state index in [1.165, 1.54) is 5.56 Å². The molecule has 2 heterocycles. The van der Waals surface area contributed by atoms with E-state index >= 15 is 0 Å². The summed E-state index contributed by atoms with van der Waals surface area (Å²) in [6.45, 7) is 9.02. The van der Waals surface area contributed by atoms with Gasteiger partial charge in [-0.2, -0.15) is 5.10 Å². The summed E-state index contributed by atoms with van der Waals surface area (Å²) < 4.78 is 1.91. The molecular weight excluding hydrogens is 174 g/mol. The van der Waals surface area contributed by atoms with Crippen LogP contribution < -0.4 is 0 Å². The Morgan fingerprint density at radius 2 is 2.07 bits per heavy atom. The molecule has 76 valence electrons. The Morgan fingerprint density at radius 3 is 2.71 bits per heavy atom. The first-order chi connectivity index (χ1) is 6.83. The lowest BCUT2D eigenvalue weighted by molar-refractivity contribution is 0.677. The fourth-order valence-corrected chi connectivity index (χ4v) is 1.33. The molecule has 2 aromatic rings. The van der Waals surface area contributed by atoms with Gasteiger partial charge in [0.05, 0.1) is 6.20 Å². The maximum atomic E-state index is 4.27. The van der Waals surface area contributed by atoms with Gasteiger partial charge in [0.1, 0.15) is 0 Å². The molecule has 2 aromatic heterocycles. The highest BCUT2D eigenvalue weighted by atomic mass is 15.3. The van der Waals surface area contributed by atoms with Gasteiger partial charge in [0.2, 0.25) is 0 Å². The highest BCUT2D eigenvalue weighted by molar-refractivity contribution is 5.77. The number of fused-ring (bicyclic) bond motifs is 1. The fourth-order valence-electron chi connectivity index (χ4n) is 1.33. The number of hydrogen-bond acceptors (Lipinski definition) is 2. The summed E-state index contributed by atoms with van der Waals surface area (Å²) in [6.07, 6.45) is 3.70. The second-order valence-corrected chi connectivity index (χ2v) is 2.83. The third-order valence-electron chi connectivity index (χ3n) is 2.06. The molecule has 0 radical (unpaired) electrons. The molecule has 0 saturated heterocycles. The van der Waals surface area contributed by atoms with Gasteiger partial charge in [-0.15, -0.1) is 0 Å². The minimum Gasteiger partial charge on any atom is -0.248 e. The van der Waals surface area contributed by atoms with Crippen LogP contribution in [0.3, 0.4) is 0 Å². The Kier molecular flexibility index (Phi) is 3.63. The highest BCUT2D eigenvalue weighted by Gasteiger charge is 2.02. The van der Waals surface area contributed by atoms with Crippen molar-refractivity contribution in [3.8, 4) is 0 Å². The van der Waals surface area contributed by atoms with E-state index in [1.54, 1.807) is 0 Å². The number of aromatic nitrogens is 3. The Hall–Kier alpha value is -1.38. The molecule has 0 aromatic carbocycles. The lowest BCUT2D eigenvalue weighted by Crippen LogP contribution is -1.96. The lowest BCUT2D eigenvalue weighted by atomic mass is 10.2. The molecule has 0 fully saturated rings. The van der Waals surface area contributed by atoms with Crippen LogP contribution in [-0.4, -0.2) is 14.8 Å². The Morgan fingerprint density at radius 1 is 1.36 bits per heavy atom. The third-order valence-corrected chi connectivity index (χ3v) is 2.06. The average molecular weight is 191 g/mol. The maximum absolute atomic E-state index is 4.27. The number of hydrogen-bond donors (Lipinski definition) is 0. The van der Waals surface area contributed by atoms with Crippen molar-refractivity contribution in [2.45, 2.75) is 34.2 Å². The van der Waals surface area contributed by atoms with E-state index in [2.05, 4.69) is 23.9 Å². The molecule has 0 atom stereocenters. The van der Waals surface area contributed by atoms with Crippen LogP contribution in [0.15, 0.2) is 18.5 Å². The number of rotatable bonds is 1. The summed E-state index contributed by atoms with van der Waals surface area (Å²) in [5.41, 5.74) is 2.22. The molecule has 3 heteroatoms. The van der Waals surface area contributed by atoms with Crippen molar-refractivity contribution in [1.29, 1.82) is 0 Å². The monoisotopic (exact) mass is 191 g/mol. The first kappa shape index (κ1) is 10.7. The lowest BCUT2D eigenvalue weighted by Gasteiger charge is -1.97. The van der Waals surface area contributed by atoms with Gasteiger partial charge >= 0.3 is 0 Å². The summed E-state index contributed by atoms with van der Waals surface area (Å²) >= 11 is 0. The molecule has 0 bridgehead atoms. The Labute approximate surface area is 84.8 Å². The van der Waals surface area contributed by atoms with E-state index in [0.29, 0.717) is 0 Å². The van der Waals surface area contributed by atoms with E-state index in [0.717, 1.165) is 17.6 Å². The molecule has 2 rings (SSSR count). The second-order valence-electron chi connectivity index (χ2n) is 2.83. The molecule has 0 spiro atoms. The average Bonchev–Trinajstić information content (AvgIpc) is 2.65. The van der Waals surface area contributed by atoms with Crippen LogP contribution in [0, 0.1) is 6.92 Å². The zero-order valence-electron chi connectivity index (χ0n) is 9.28. The maximum Gasteiger partial charge on any atom is 0.157 e. The van der Waals surface area contributed by atoms with Crippen LogP contribution in [0.25, 0.3) is 11.0 Å². The van der Waals surface area contributed by atoms with Crippen LogP contribution in [0.4, 0.5) is 0 Å². The zero-order valence-corrected chi connectivity index (χ0v) is 9.28. The molecular formula is C11H17N3. The summed E-state index contributed by atoms with van der Waals surface area (Å²) in [4.78, 5) is 4.27. The van der Waals surface area contributed by atoms with Gasteiger partial charge in [-0.25, -0.2) is 9.67 Å². The van der Waals surface area contributed by atoms with E-state index in [4.69, 9.17) is 0 Å². The van der Waals surface area contributed by atoms with Gasteiger partial charge < -0.3 is 0 Å². The minimum absolute atomic E-state index is 0.875. The van der Waals surface area contributed by atoms with Gasteiger partial charge in [-0.3, -0.25) is 0 Å². The third kappa shape index (κ3) is 1.76. The molecule has 0 N–H and O–H groups in total. The molecule has 3 nitrogen and oxygen atoms in total. The highest BCUT2D eigenvalue weighted by Crippen LogP contribution is 2.14. The van der Waals surface area contributed by atoms with Gasteiger partial charge in [-0.1, -0.05) is 13.8 Å². The standard InChI is InChI=1S/C9H11N3.C2H6/c1-3-12-9-8(6-11-12)7(2)4-5-10-9;1-2/h4-6H,3H2,1-2H3;1-2H3. The van der Waals surface area contributed by atoms with E-state index < -0.39 is 0 Å². The summed E-state index contributed by atoms with van der Waals surface area (Å²) in [5.74, 6) is 0. The molecule has 0 saturated carbocycles. The van der Waals surface area contributed by atoms with Crippen molar-refractivity contribution in [2.75, 3.05) is 0 Å². The van der Waals surface area contributed by atoms with Crippen LogP contribution in [0.1, 0.15) is 26.3 Å². The number of aryl methyl sites for hydroxylation is 2. The summed E-state index contributed by atoms with van der Waals surface area (Å²) in [5, 5.41) is 5.38. The SMILES string of the molecule is CC.CCn1ncc2c(C)ccnc21. The van der Waals surface area contributed by atoms with E-state index in [-0.39, 0.29) is 0 Å². The van der Waals surface area contributed by atoms with E-state index in [1.807, 2.05) is 37.0 Å². The first-order valence-electron chi connectivity index (χ1n) is 5.10. The van der Waals surface area contributed by atoms with Crippen molar-refractivity contribution in [3.05, 3.63) is 24.0 Å². The molecule has 0 aliphatic carbocycles. The van der Waals surface area contributed by atoms with Crippen molar-refractivity contribution in [1.82, 2.24) is 14.8 Å². The van der Waals surface area contributed by atoms with Crippen LogP contribution in [-0.2, 0) is 6.54 Å². The first-order valence-corrected chi connectivity index (χ1v) is 5.10. The van der Waals surface area contributed by atoms with Crippen LogP contribution >= 0.6 is 0 Å². The van der Waals surface area contributed by atoms with Crippen LogP contribution in [0.2, 0.25) is 0 Å². The summed E-state index contributed by atoms with van der Waals surface area (Å²) in [7, 11) is 0. The Bertz CT molecular complexity index is 404. The minimum atomic E-state index is 0.875. The van der Waals surface area contributed by atoms with Crippen molar-refractivity contribution < 1.29 is 0 Å². The smallest absolute Gasteiger partial charge is 0.157 e. The fraction of sp³-hybridized carbons (Fsp3) is 0.455. The summed E-state index contributed by atoms with van der Waals surface area (Å²) in [6, 6.07) is 2.00. The molecule has 0 aliphatic rings. The van der Waals surface area contributed by atoms with Crippen molar-refractivity contribution in [3.63, 3.8) is 0 Å². The van der Waals surface area contributed by atoms with Crippen molar-refractivity contribution >= 4 is 11.0 Å². The normalized spacial score (nSPS) is 9.71. The van der Waals surface area contributed by atoms with Gasteiger partial charge in [0, 0.05) is 18.1 Å². The van der Waals surface area contributed by atoms with E-state index in [9.17, 15) is 0 Å². The van der Waals surface area contributed by atoms with Crippen molar-refractivity contribution in [2.24, 2.45) is 0 Å². The Balaban J connectivity index is 0.000000461. The predicted molar refractivity (Wildman–Crippen MR) is 59.3 cm³/mol. The molecule has 0 amide bonds.